The van der Waals surface area contributed by atoms with Crippen molar-refractivity contribution < 1.29 is 9.59 Å². The van der Waals surface area contributed by atoms with Crippen molar-refractivity contribution in [2.24, 2.45) is 11.8 Å². The third-order valence-corrected chi connectivity index (χ3v) is 3.67. The van der Waals surface area contributed by atoms with Crippen LogP contribution in [0.25, 0.3) is 0 Å². The first-order valence-electron chi connectivity index (χ1n) is 6.83. The predicted molar refractivity (Wildman–Crippen MR) is 72.0 cm³/mol. The van der Waals surface area contributed by atoms with Crippen LogP contribution >= 0.6 is 0 Å². The van der Waals surface area contributed by atoms with Gasteiger partial charge in [-0.15, -0.1) is 0 Å². The number of hydrogen-bond acceptors (Lipinski definition) is 2. The molecule has 0 spiro atoms. The summed E-state index contributed by atoms with van der Waals surface area (Å²) in [5.41, 5.74) is -0.782. The molecule has 1 fully saturated rings. The molecule has 1 aliphatic rings. The van der Waals surface area contributed by atoms with Crippen LogP contribution in [-0.4, -0.2) is 34.8 Å². The van der Waals surface area contributed by atoms with Gasteiger partial charge in [0.2, 0.25) is 11.8 Å². The van der Waals surface area contributed by atoms with Gasteiger partial charge in [0.1, 0.15) is 11.6 Å². The van der Waals surface area contributed by atoms with E-state index in [1.165, 1.54) is 0 Å². The van der Waals surface area contributed by atoms with Crippen LogP contribution in [0.4, 0.5) is 0 Å². The highest BCUT2D eigenvalue weighted by atomic mass is 16.2. The van der Waals surface area contributed by atoms with Crippen LogP contribution in [0, 0.1) is 11.8 Å². The minimum atomic E-state index is -0.782. The summed E-state index contributed by atoms with van der Waals surface area (Å²) in [6, 6.07) is -0.334. The monoisotopic (exact) mass is 254 g/mol. The summed E-state index contributed by atoms with van der Waals surface area (Å²) < 4.78 is 0. The Morgan fingerprint density at radius 1 is 1.28 bits per heavy atom. The second kappa shape index (κ2) is 5.29. The van der Waals surface area contributed by atoms with Crippen LogP contribution in [-0.2, 0) is 9.59 Å². The van der Waals surface area contributed by atoms with Gasteiger partial charge in [0.25, 0.3) is 0 Å². The molecular formula is C14H26N2O2. The number of nitrogens with one attached hydrogen (secondary N) is 1. The quantitative estimate of drug-likeness (QED) is 0.831. The van der Waals surface area contributed by atoms with Crippen LogP contribution < -0.4 is 5.32 Å². The fourth-order valence-corrected chi connectivity index (χ4v) is 2.39. The Morgan fingerprint density at radius 3 is 2.28 bits per heavy atom. The lowest BCUT2D eigenvalue weighted by molar-refractivity contribution is -0.156. The molecule has 1 N–H and O–H groups in total. The lowest BCUT2D eigenvalue weighted by Crippen LogP contribution is -2.69. The summed E-state index contributed by atoms with van der Waals surface area (Å²) in [7, 11) is 0. The number of hydrogen-bond donors (Lipinski definition) is 1. The molecule has 1 saturated heterocycles. The Labute approximate surface area is 110 Å². The summed E-state index contributed by atoms with van der Waals surface area (Å²) in [5.74, 6) is 0.546. The molecule has 2 amide bonds. The van der Waals surface area contributed by atoms with Gasteiger partial charge in [0, 0.05) is 6.54 Å². The fourth-order valence-electron chi connectivity index (χ4n) is 2.39. The molecule has 1 aliphatic heterocycles. The van der Waals surface area contributed by atoms with Crippen LogP contribution in [0.5, 0.6) is 0 Å². The zero-order chi connectivity index (χ0) is 14.1. The first-order valence-corrected chi connectivity index (χ1v) is 6.83. The van der Waals surface area contributed by atoms with Crippen LogP contribution in [0.1, 0.15) is 48.0 Å². The second-order valence-electron chi connectivity index (χ2n) is 6.27. The molecule has 0 saturated carbocycles. The van der Waals surface area contributed by atoms with E-state index in [0.717, 1.165) is 6.42 Å². The van der Waals surface area contributed by atoms with Gasteiger partial charge in [-0.2, -0.15) is 0 Å². The maximum Gasteiger partial charge on any atom is 0.248 e. The number of carbonyl (C=O) groups is 2. The van der Waals surface area contributed by atoms with E-state index < -0.39 is 5.54 Å². The van der Waals surface area contributed by atoms with Crippen molar-refractivity contribution in [2.45, 2.75) is 59.5 Å². The molecule has 18 heavy (non-hydrogen) atoms. The summed E-state index contributed by atoms with van der Waals surface area (Å²) in [6.45, 7) is 12.4. The molecule has 4 nitrogen and oxygen atoms in total. The first kappa shape index (κ1) is 15.0. The van der Waals surface area contributed by atoms with E-state index in [1.54, 1.807) is 18.7 Å². The van der Waals surface area contributed by atoms with Crippen molar-refractivity contribution in [2.75, 3.05) is 6.54 Å². The van der Waals surface area contributed by atoms with Crippen molar-refractivity contribution in [3.63, 3.8) is 0 Å². The smallest absolute Gasteiger partial charge is 0.248 e. The number of nitrogens with zero attached hydrogens (tertiary/aromatic N) is 1. The summed E-state index contributed by atoms with van der Waals surface area (Å²) in [4.78, 5) is 26.4. The van der Waals surface area contributed by atoms with Gasteiger partial charge >= 0.3 is 0 Å². The number of amides is 2. The van der Waals surface area contributed by atoms with Gasteiger partial charge in [0.15, 0.2) is 0 Å². The highest BCUT2D eigenvalue weighted by Gasteiger charge is 2.46. The van der Waals surface area contributed by atoms with Crippen molar-refractivity contribution in [3.05, 3.63) is 0 Å². The van der Waals surface area contributed by atoms with Gasteiger partial charge in [-0.05, 0) is 25.7 Å². The molecule has 2 atom stereocenters. The SMILES string of the molecule is CCC(C)CN1C(=O)C(C)(C)NC(=O)C1C(C)C. The Kier molecular flexibility index (Phi) is 4.41. The molecule has 0 bridgehead atoms. The molecule has 0 aromatic rings. The van der Waals surface area contributed by atoms with Crippen LogP contribution in [0.3, 0.4) is 0 Å². The van der Waals surface area contributed by atoms with E-state index in [4.69, 9.17) is 0 Å². The summed E-state index contributed by atoms with van der Waals surface area (Å²) >= 11 is 0. The van der Waals surface area contributed by atoms with Crippen LogP contribution in [0.15, 0.2) is 0 Å². The van der Waals surface area contributed by atoms with Crippen LogP contribution in [0.2, 0.25) is 0 Å². The molecular weight excluding hydrogens is 228 g/mol. The number of carbonyl (C=O) groups excluding carboxylic acids is 2. The summed E-state index contributed by atoms with van der Waals surface area (Å²) in [5, 5.41) is 2.83. The van der Waals surface area contributed by atoms with E-state index in [0.29, 0.717) is 12.5 Å². The predicted octanol–water partition coefficient (Wildman–Crippen LogP) is 1.79. The van der Waals surface area contributed by atoms with E-state index >= 15 is 0 Å². The highest BCUT2D eigenvalue weighted by Crippen LogP contribution is 2.24. The standard InChI is InChI=1S/C14H26N2O2/c1-7-10(4)8-16-11(9(2)3)12(17)15-14(5,6)13(16)18/h9-11H,7-8H2,1-6H3,(H,15,17). The van der Waals surface area contributed by atoms with Crippen molar-refractivity contribution in [3.8, 4) is 0 Å². The molecule has 0 aromatic heterocycles. The minimum Gasteiger partial charge on any atom is -0.340 e. The Bertz CT molecular complexity index is 337. The van der Waals surface area contributed by atoms with E-state index in [-0.39, 0.29) is 23.8 Å². The Balaban J connectivity index is 3.02. The second-order valence-corrected chi connectivity index (χ2v) is 6.27. The van der Waals surface area contributed by atoms with Gasteiger partial charge < -0.3 is 10.2 Å². The zero-order valence-electron chi connectivity index (χ0n) is 12.4. The average molecular weight is 254 g/mol. The molecule has 1 rings (SSSR count). The van der Waals surface area contributed by atoms with Gasteiger partial charge in [-0.1, -0.05) is 34.1 Å². The maximum absolute atomic E-state index is 12.5. The maximum atomic E-state index is 12.5. The topological polar surface area (TPSA) is 49.4 Å². The molecule has 4 heteroatoms. The zero-order valence-corrected chi connectivity index (χ0v) is 12.4. The lowest BCUT2D eigenvalue weighted by atomic mass is 9.90. The number of piperazine rings is 1. The fraction of sp³-hybridized carbons (Fsp3) is 0.857. The van der Waals surface area contributed by atoms with Crippen molar-refractivity contribution >= 4 is 11.8 Å². The number of rotatable bonds is 4. The molecule has 0 radical (unpaired) electrons. The minimum absolute atomic E-state index is 0.0288. The molecule has 0 aromatic carbocycles. The molecule has 2 unspecified atom stereocenters. The third kappa shape index (κ3) is 2.85. The average Bonchev–Trinajstić information content (AvgIpc) is 2.24. The lowest BCUT2D eigenvalue weighted by Gasteiger charge is -2.45. The van der Waals surface area contributed by atoms with Gasteiger partial charge in [-0.3, -0.25) is 9.59 Å². The van der Waals surface area contributed by atoms with Gasteiger partial charge in [0.05, 0.1) is 0 Å². The van der Waals surface area contributed by atoms with Crippen molar-refractivity contribution in [1.82, 2.24) is 10.2 Å². The van der Waals surface area contributed by atoms with Gasteiger partial charge in [-0.25, -0.2) is 0 Å². The molecule has 104 valence electrons. The first-order chi connectivity index (χ1) is 8.20. The normalized spacial score (nSPS) is 25.3. The Hall–Kier alpha value is -1.06. The summed E-state index contributed by atoms with van der Waals surface area (Å²) in [6.07, 6.45) is 1.01. The molecule has 1 heterocycles. The third-order valence-electron chi connectivity index (χ3n) is 3.67. The van der Waals surface area contributed by atoms with Crippen molar-refractivity contribution in [1.29, 1.82) is 0 Å². The highest BCUT2D eigenvalue weighted by molar-refractivity contribution is 5.99. The van der Waals surface area contributed by atoms with E-state index in [2.05, 4.69) is 19.2 Å². The molecule has 0 aliphatic carbocycles. The van der Waals surface area contributed by atoms with E-state index in [1.807, 2.05) is 13.8 Å². The van der Waals surface area contributed by atoms with E-state index in [9.17, 15) is 9.59 Å². The largest absolute Gasteiger partial charge is 0.340 e. The Morgan fingerprint density at radius 2 is 1.83 bits per heavy atom.